The van der Waals surface area contributed by atoms with E-state index in [1.165, 1.54) is 6.42 Å². The van der Waals surface area contributed by atoms with Gasteiger partial charge in [-0.2, -0.15) is 16.8 Å². The zero-order chi connectivity index (χ0) is 15.9. The lowest BCUT2D eigenvalue weighted by Crippen LogP contribution is -2.45. The Kier molecular flexibility index (Phi) is 9.66. The van der Waals surface area contributed by atoms with Crippen LogP contribution in [0.1, 0.15) is 26.2 Å². The van der Waals surface area contributed by atoms with Crippen molar-refractivity contribution >= 4 is 20.8 Å². The standard InChI is InChI=1S/C7H16N2.2H2O4S/c1-5-2-3-6(8)7(9)4-5;2*1-5(2,3)4/h5-7H,2-4,8-9H2,1H3;2*(H2,1,2,3,4)/t5?,6-,7-;;/m1../s1. The molecule has 8 N–H and O–H groups in total. The molecular weight excluding hydrogens is 304 g/mol. The van der Waals surface area contributed by atoms with Gasteiger partial charge in [0.1, 0.15) is 0 Å². The van der Waals surface area contributed by atoms with Crippen molar-refractivity contribution < 1.29 is 35.0 Å². The van der Waals surface area contributed by atoms with Gasteiger partial charge in [-0.05, 0) is 25.2 Å². The topological polar surface area (TPSA) is 201 Å². The molecule has 1 aliphatic carbocycles. The summed E-state index contributed by atoms with van der Waals surface area (Å²) < 4.78 is 63.2. The summed E-state index contributed by atoms with van der Waals surface area (Å²) in [6, 6.07) is 0.523. The Morgan fingerprint density at radius 1 is 0.842 bits per heavy atom. The SMILES string of the molecule is CC1CC[C@@H](N)[C@H](N)C1.O=S(=O)(O)O.O=S(=O)(O)O. The predicted molar refractivity (Wildman–Crippen MR) is 67.3 cm³/mol. The Morgan fingerprint density at radius 2 is 1.16 bits per heavy atom. The third kappa shape index (κ3) is 27.0. The molecule has 1 unspecified atom stereocenters. The van der Waals surface area contributed by atoms with Gasteiger partial charge in [0.2, 0.25) is 0 Å². The first-order valence-corrected chi connectivity index (χ1v) is 7.90. The van der Waals surface area contributed by atoms with E-state index in [1.807, 2.05) is 0 Å². The molecule has 0 saturated heterocycles. The first kappa shape index (κ1) is 21.0. The minimum absolute atomic E-state index is 0.258. The molecular formula is C7H20N2O8S2. The van der Waals surface area contributed by atoms with Crippen LogP contribution in [0, 0.1) is 5.92 Å². The summed E-state index contributed by atoms with van der Waals surface area (Å²) >= 11 is 0. The van der Waals surface area contributed by atoms with E-state index in [0.29, 0.717) is 0 Å². The largest absolute Gasteiger partial charge is 0.394 e. The summed E-state index contributed by atoms with van der Waals surface area (Å²) in [4.78, 5) is 0. The van der Waals surface area contributed by atoms with Gasteiger partial charge in [-0.15, -0.1) is 0 Å². The Balaban J connectivity index is 0. The second kappa shape index (κ2) is 8.76. The summed E-state index contributed by atoms with van der Waals surface area (Å²) in [6.45, 7) is 2.24. The molecule has 10 nitrogen and oxygen atoms in total. The van der Waals surface area contributed by atoms with Crippen molar-refractivity contribution in [3.63, 3.8) is 0 Å². The maximum atomic E-state index is 8.74. The Labute approximate surface area is 112 Å². The molecule has 0 aromatic heterocycles. The molecule has 118 valence electrons. The summed E-state index contributed by atoms with van der Waals surface area (Å²) in [5.41, 5.74) is 11.5. The number of hydrogen-bond acceptors (Lipinski definition) is 6. The summed E-state index contributed by atoms with van der Waals surface area (Å²) in [5.74, 6) is 0.791. The van der Waals surface area contributed by atoms with Gasteiger partial charge in [0.25, 0.3) is 0 Å². The highest BCUT2D eigenvalue weighted by Crippen LogP contribution is 2.21. The molecule has 0 heterocycles. The second-order valence-electron chi connectivity index (χ2n) is 4.14. The van der Waals surface area contributed by atoms with Crippen LogP contribution >= 0.6 is 0 Å². The Bertz CT molecular complexity index is 388. The van der Waals surface area contributed by atoms with E-state index in [2.05, 4.69) is 6.92 Å². The van der Waals surface area contributed by atoms with E-state index in [1.54, 1.807) is 0 Å². The zero-order valence-corrected chi connectivity index (χ0v) is 11.9. The molecule has 0 spiro atoms. The maximum Gasteiger partial charge on any atom is 0.394 e. The monoisotopic (exact) mass is 324 g/mol. The Morgan fingerprint density at radius 3 is 1.37 bits per heavy atom. The molecule has 0 aromatic rings. The van der Waals surface area contributed by atoms with Crippen LogP contribution in [0.15, 0.2) is 0 Å². The summed E-state index contributed by atoms with van der Waals surface area (Å²) in [5, 5.41) is 0. The molecule has 1 aliphatic rings. The molecule has 1 saturated carbocycles. The minimum Gasteiger partial charge on any atom is -0.326 e. The molecule has 0 aromatic carbocycles. The first-order chi connectivity index (χ1) is 8.20. The smallest absolute Gasteiger partial charge is 0.326 e. The molecule has 1 fully saturated rings. The molecule has 12 heteroatoms. The fourth-order valence-corrected chi connectivity index (χ4v) is 1.45. The van der Waals surface area contributed by atoms with Crippen molar-refractivity contribution in [2.75, 3.05) is 0 Å². The lowest BCUT2D eigenvalue weighted by Gasteiger charge is -2.29. The van der Waals surface area contributed by atoms with Crippen LogP contribution in [0.25, 0.3) is 0 Å². The molecule has 1 rings (SSSR count). The van der Waals surface area contributed by atoms with E-state index in [4.69, 9.17) is 46.5 Å². The average Bonchev–Trinajstić information content (AvgIpc) is 2.06. The van der Waals surface area contributed by atoms with Gasteiger partial charge in [0.05, 0.1) is 0 Å². The van der Waals surface area contributed by atoms with Crippen molar-refractivity contribution in [1.29, 1.82) is 0 Å². The van der Waals surface area contributed by atoms with Crippen molar-refractivity contribution in [1.82, 2.24) is 0 Å². The van der Waals surface area contributed by atoms with Gasteiger partial charge in [-0.3, -0.25) is 18.2 Å². The molecule has 0 radical (unpaired) electrons. The molecule has 0 aliphatic heterocycles. The van der Waals surface area contributed by atoms with Crippen LogP contribution in [0.2, 0.25) is 0 Å². The molecule has 19 heavy (non-hydrogen) atoms. The summed E-state index contributed by atoms with van der Waals surface area (Å²) in [7, 11) is -9.33. The van der Waals surface area contributed by atoms with Crippen LogP contribution in [0.3, 0.4) is 0 Å². The highest BCUT2D eigenvalue weighted by Gasteiger charge is 2.21. The Hall–Kier alpha value is -0.340. The van der Waals surface area contributed by atoms with E-state index >= 15 is 0 Å². The lowest BCUT2D eigenvalue weighted by molar-refractivity contribution is 0.307. The van der Waals surface area contributed by atoms with Gasteiger partial charge in [0.15, 0.2) is 0 Å². The highest BCUT2D eigenvalue weighted by molar-refractivity contribution is 7.80. The fourth-order valence-electron chi connectivity index (χ4n) is 1.45. The van der Waals surface area contributed by atoms with Crippen LogP contribution in [-0.2, 0) is 20.8 Å². The molecule has 3 atom stereocenters. The minimum atomic E-state index is -4.67. The van der Waals surface area contributed by atoms with E-state index in [9.17, 15) is 0 Å². The normalized spacial score (nSPS) is 27.4. The number of nitrogens with two attached hydrogens (primary N) is 2. The molecule has 0 amide bonds. The highest BCUT2D eigenvalue weighted by atomic mass is 32.3. The van der Waals surface area contributed by atoms with E-state index in [-0.39, 0.29) is 12.1 Å². The van der Waals surface area contributed by atoms with Gasteiger partial charge in [-0.1, -0.05) is 6.92 Å². The third-order valence-electron chi connectivity index (χ3n) is 2.22. The van der Waals surface area contributed by atoms with Crippen molar-refractivity contribution in [2.45, 2.75) is 38.3 Å². The average molecular weight is 324 g/mol. The first-order valence-electron chi connectivity index (χ1n) is 5.11. The second-order valence-corrected chi connectivity index (χ2v) is 5.93. The van der Waals surface area contributed by atoms with Crippen LogP contribution in [0.5, 0.6) is 0 Å². The van der Waals surface area contributed by atoms with E-state index in [0.717, 1.165) is 18.8 Å². The van der Waals surface area contributed by atoms with Crippen LogP contribution in [-0.4, -0.2) is 47.1 Å². The number of rotatable bonds is 0. The quantitative estimate of drug-likeness (QED) is 0.305. The van der Waals surface area contributed by atoms with Gasteiger partial charge < -0.3 is 11.5 Å². The van der Waals surface area contributed by atoms with Crippen molar-refractivity contribution in [3.8, 4) is 0 Å². The third-order valence-corrected chi connectivity index (χ3v) is 2.22. The van der Waals surface area contributed by atoms with Crippen LogP contribution in [0.4, 0.5) is 0 Å². The lowest BCUT2D eigenvalue weighted by atomic mass is 9.84. The molecule has 0 bridgehead atoms. The van der Waals surface area contributed by atoms with E-state index < -0.39 is 20.8 Å². The maximum absolute atomic E-state index is 8.74. The summed E-state index contributed by atoms with van der Waals surface area (Å²) in [6.07, 6.45) is 3.48. The van der Waals surface area contributed by atoms with Crippen molar-refractivity contribution in [3.05, 3.63) is 0 Å². The van der Waals surface area contributed by atoms with Crippen LogP contribution < -0.4 is 11.5 Å². The predicted octanol–water partition coefficient (Wildman–Crippen LogP) is -0.845. The van der Waals surface area contributed by atoms with Crippen molar-refractivity contribution in [2.24, 2.45) is 17.4 Å². The van der Waals surface area contributed by atoms with Gasteiger partial charge in [-0.25, -0.2) is 0 Å². The zero-order valence-electron chi connectivity index (χ0n) is 10.2. The van der Waals surface area contributed by atoms with Gasteiger partial charge >= 0.3 is 20.8 Å². The van der Waals surface area contributed by atoms with Gasteiger partial charge in [0, 0.05) is 12.1 Å². The fraction of sp³-hybridized carbons (Fsp3) is 1.00. The number of hydrogen-bond donors (Lipinski definition) is 6.